The molecule has 2 heterocycles. The van der Waals surface area contributed by atoms with Crippen molar-refractivity contribution in [1.29, 1.82) is 0 Å². The van der Waals surface area contributed by atoms with Crippen molar-refractivity contribution >= 4 is 23.2 Å². The van der Waals surface area contributed by atoms with Crippen LogP contribution in [0.5, 0.6) is 0 Å². The summed E-state index contributed by atoms with van der Waals surface area (Å²) in [6.45, 7) is 14.2. The molecule has 28 heavy (non-hydrogen) atoms. The summed E-state index contributed by atoms with van der Waals surface area (Å²) in [5.74, 6) is 0. The summed E-state index contributed by atoms with van der Waals surface area (Å²) in [6.07, 6.45) is 6.76. The van der Waals surface area contributed by atoms with E-state index in [4.69, 9.17) is 14.0 Å². The van der Waals surface area contributed by atoms with Crippen molar-refractivity contribution in [3.05, 3.63) is 17.0 Å². The first-order valence-corrected chi connectivity index (χ1v) is 11.6. The number of aliphatic hydroxyl groups excluding tert-OH is 1. The molecule has 1 aromatic heterocycles. The van der Waals surface area contributed by atoms with Crippen molar-refractivity contribution in [3.63, 3.8) is 0 Å². The average molecular weight is 410 g/mol. The summed E-state index contributed by atoms with van der Waals surface area (Å²) in [4.78, 5) is 1.41. The number of ether oxygens (including phenoxy) is 1. The van der Waals surface area contributed by atoms with Crippen molar-refractivity contribution < 1.29 is 19.2 Å². The Balaban J connectivity index is 1.61. The van der Waals surface area contributed by atoms with Crippen molar-refractivity contribution in [3.8, 4) is 0 Å². The summed E-state index contributed by atoms with van der Waals surface area (Å²) in [7, 11) is -0.242. The van der Waals surface area contributed by atoms with Gasteiger partial charge in [-0.1, -0.05) is 32.8 Å². The molecule has 0 spiro atoms. The molecule has 2 rings (SSSR count). The summed E-state index contributed by atoms with van der Waals surface area (Å²) in [5.41, 5.74) is -0.653. The lowest BCUT2D eigenvalue weighted by Crippen LogP contribution is -2.41. The van der Waals surface area contributed by atoms with E-state index in [-0.39, 0.29) is 30.3 Å². The highest BCUT2D eigenvalue weighted by atomic mass is 32.1. The molecule has 0 radical (unpaired) electrons. The zero-order chi connectivity index (χ0) is 20.8. The van der Waals surface area contributed by atoms with E-state index in [0.717, 1.165) is 25.9 Å². The third kappa shape index (κ3) is 6.30. The van der Waals surface area contributed by atoms with Gasteiger partial charge in [-0.15, -0.1) is 11.3 Å². The number of hydrogen-bond acceptors (Lipinski definition) is 5. The maximum absolute atomic E-state index is 9.39. The third-order valence-electron chi connectivity index (χ3n) is 6.32. The van der Waals surface area contributed by atoms with Gasteiger partial charge in [-0.3, -0.25) is 0 Å². The number of rotatable bonds is 12. The van der Waals surface area contributed by atoms with Crippen molar-refractivity contribution in [1.82, 2.24) is 0 Å². The van der Waals surface area contributed by atoms with Crippen LogP contribution in [0.2, 0.25) is 0 Å². The first kappa shape index (κ1) is 23.9. The van der Waals surface area contributed by atoms with Gasteiger partial charge < -0.3 is 19.2 Å². The maximum Gasteiger partial charge on any atom is 0.505 e. The van der Waals surface area contributed by atoms with Gasteiger partial charge in [0.1, 0.15) is 0 Å². The largest absolute Gasteiger partial charge is 0.505 e. The van der Waals surface area contributed by atoms with Crippen LogP contribution in [0.4, 0.5) is 0 Å². The van der Waals surface area contributed by atoms with E-state index >= 15 is 0 Å². The van der Waals surface area contributed by atoms with E-state index < -0.39 is 0 Å². The quantitative estimate of drug-likeness (QED) is 0.405. The van der Waals surface area contributed by atoms with Gasteiger partial charge in [0, 0.05) is 21.7 Å². The number of thiophene rings is 1. The van der Waals surface area contributed by atoms with Crippen LogP contribution < -0.4 is 4.78 Å². The molecular formula is C22H39BO4S. The second-order valence-corrected chi connectivity index (χ2v) is 10.6. The first-order valence-electron chi connectivity index (χ1n) is 10.8. The predicted molar refractivity (Wildman–Crippen MR) is 119 cm³/mol. The number of unbranched alkanes of at least 4 members (excludes halogenated alkanes) is 3. The van der Waals surface area contributed by atoms with Crippen LogP contribution in [-0.4, -0.2) is 43.2 Å². The molecule has 0 saturated carbocycles. The first-order chi connectivity index (χ1) is 13.1. The van der Waals surface area contributed by atoms with E-state index in [1.54, 1.807) is 0 Å². The number of hydrogen-bond donors (Lipinski definition) is 1. The van der Waals surface area contributed by atoms with Gasteiger partial charge in [0.2, 0.25) is 0 Å². The Hall–Kier alpha value is -0.395. The fourth-order valence-electron chi connectivity index (χ4n) is 3.05. The molecule has 1 unspecified atom stereocenters. The fourth-order valence-corrected chi connectivity index (χ4v) is 4.06. The van der Waals surface area contributed by atoms with Crippen LogP contribution in [0.25, 0.3) is 0 Å². The standard InChI is InChI=1S/C22H39BO4S/c1-7-22(6,16-24)17-25-15-11-9-8-10-12-18-13-14-19(28-18)23-26-20(2,3)21(4,5)27-23/h13-14,24H,7-12,15-17H2,1-6H3. The molecule has 1 fully saturated rings. The zero-order valence-corrected chi connectivity index (χ0v) is 19.5. The lowest BCUT2D eigenvalue weighted by atomic mass is 9.88. The van der Waals surface area contributed by atoms with Crippen LogP contribution in [0.15, 0.2) is 12.1 Å². The molecule has 160 valence electrons. The Morgan fingerprint density at radius 1 is 1.07 bits per heavy atom. The molecule has 1 N–H and O–H groups in total. The Bertz CT molecular complexity index is 579. The lowest BCUT2D eigenvalue weighted by molar-refractivity contribution is 0.00578. The molecule has 1 atom stereocenters. The molecule has 1 aliphatic heterocycles. The van der Waals surface area contributed by atoms with Crippen LogP contribution in [0.3, 0.4) is 0 Å². The Morgan fingerprint density at radius 3 is 2.32 bits per heavy atom. The molecule has 0 bridgehead atoms. The Labute approximate surface area is 176 Å². The topological polar surface area (TPSA) is 47.9 Å². The summed E-state index contributed by atoms with van der Waals surface area (Å²) in [5, 5.41) is 9.39. The molecule has 0 aromatic carbocycles. The van der Waals surface area contributed by atoms with Gasteiger partial charge in [-0.25, -0.2) is 0 Å². The molecular weight excluding hydrogens is 371 g/mol. The Morgan fingerprint density at radius 2 is 1.71 bits per heavy atom. The van der Waals surface area contributed by atoms with Gasteiger partial charge in [-0.2, -0.15) is 0 Å². The monoisotopic (exact) mass is 410 g/mol. The summed E-state index contributed by atoms with van der Waals surface area (Å²) in [6, 6.07) is 4.37. The summed E-state index contributed by atoms with van der Waals surface area (Å²) >= 11 is 1.81. The van der Waals surface area contributed by atoms with Gasteiger partial charge in [0.05, 0.1) is 24.4 Å². The Kier molecular flexibility index (Phi) is 8.59. The van der Waals surface area contributed by atoms with E-state index in [0.29, 0.717) is 6.61 Å². The highest BCUT2D eigenvalue weighted by Gasteiger charge is 2.52. The van der Waals surface area contributed by atoms with E-state index in [1.165, 1.54) is 28.9 Å². The van der Waals surface area contributed by atoms with E-state index in [1.807, 2.05) is 11.3 Å². The predicted octanol–water partition coefficient (Wildman–Crippen LogP) is 4.58. The smallest absolute Gasteiger partial charge is 0.399 e. The molecule has 0 aliphatic carbocycles. The lowest BCUT2D eigenvalue weighted by Gasteiger charge is -2.32. The molecule has 1 aromatic rings. The highest BCUT2D eigenvalue weighted by molar-refractivity contribution is 7.22. The second kappa shape index (κ2) is 10.1. The molecule has 4 nitrogen and oxygen atoms in total. The van der Waals surface area contributed by atoms with Crippen molar-refractivity contribution in [2.75, 3.05) is 19.8 Å². The van der Waals surface area contributed by atoms with Gasteiger partial charge in [0.25, 0.3) is 0 Å². The van der Waals surface area contributed by atoms with Crippen molar-refractivity contribution in [2.24, 2.45) is 5.41 Å². The average Bonchev–Trinajstić information content (AvgIpc) is 3.19. The fraction of sp³-hybridized carbons (Fsp3) is 0.818. The van der Waals surface area contributed by atoms with Gasteiger partial charge in [-0.05, 0) is 59.4 Å². The zero-order valence-electron chi connectivity index (χ0n) is 18.7. The SMILES string of the molecule is CCC(C)(CO)COCCCCCCc1ccc(B2OC(C)(C)C(C)(C)O2)s1. The summed E-state index contributed by atoms with van der Waals surface area (Å²) < 4.78 is 19.2. The van der Waals surface area contributed by atoms with Crippen LogP contribution in [0.1, 0.15) is 78.5 Å². The second-order valence-electron chi connectivity index (χ2n) is 9.43. The highest BCUT2D eigenvalue weighted by Crippen LogP contribution is 2.37. The number of aryl methyl sites for hydroxylation is 1. The third-order valence-corrected chi connectivity index (χ3v) is 7.48. The van der Waals surface area contributed by atoms with Crippen LogP contribution >= 0.6 is 11.3 Å². The van der Waals surface area contributed by atoms with Crippen LogP contribution in [0, 0.1) is 5.41 Å². The van der Waals surface area contributed by atoms with Crippen LogP contribution in [-0.2, 0) is 20.5 Å². The van der Waals surface area contributed by atoms with Crippen molar-refractivity contribution in [2.45, 2.75) is 91.3 Å². The van der Waals surface area contributed by atoms with Gasteiger partial charge >= 0.3 is 7.12 Å². The van der Waals surface area contributed by atoms with Gasteiger partial charge in [0.15, 0.2) is 0 Å². The molecule has 1 saturated heterocycles. The molecule has 6 heteroatoms. The van der Waals surface area contributed by atoms with E-state index in [2.05, 4.69) is 53.7 Å². The molecule has 0 amide bonds. The normalized spacial score (nSPS) is 20.5. The minimum absolute atomic E-state index is 0.0892. The maximum atomic E-state index is 9.39. The molecule has 1 aliphatic rings. The minimum atomic E-state index is -0.282. The number of aliphatic hydroxyl groups is 1. The van der Waals surface area contributed by atoms with E-state index in [9.17, 15) is 5.11 Å². The minimum Gasteiger partial charge on any atom is -0.399 e.